The molecule has 1 aromatic rings. The van der Waals surface area contributed by atoms with Crippen molar-refractivity contribution in [3.63, 3.8) is 0 Å². The summed E-state index contributed by atoms with van der Waals surface area (Å²) in [6.07, 6.45) is 5.63. The van der Waals surface area contributed by atoms with Gasteiger partial charge in [0.1, 0.15) is 0 Å². The highest BCUT2D eigenvalue weighted by atomic mass is 15.3. The Bertz CT molecular complexity index is 436. The molecule has 1 aliphatic heterocycles. The highest BCUT2D eigenvalue weighted by molar-refractivity contribution is 5.03. The summed E-state index contributed by atoms with van der Waals surface area (Å²) >= 11 is 0. The molecule has 4 nitrogen and oxygen atoms in total. The Morgan fingerprint density at radius 2 is 2.10 bits per heavy atom. The van der Waals surface area contributed by atoms with E-state index in [2.05, 4.69) is 61.8 Å². The van der Waals surface area contributed by atoms with Crippen LogP contribution in [0, 0.1) is 0 Å². The molecule has 1 aromatic heterocycles. The van der Waals surface area contributed by atoms with Crippen LogP contribution >= 0.6 is 0 Å². The van der Waals surface area contributed by atoms with Crippen molar-refractivity contribution >= 4 is 0 Å². The highest BCUT2D eigenvalue weighted by Crippen LogP contribution is 2.24. The van der Waals surface area contributed by atoms with Crippen LogP contribution in [-0.2, 0) is 6.54 Å². The number of nitrogens with zero attached hydrogens (tertiary/aromatic N) is 3. The molecule has 1 saturated heterocycles. The first kappa shape index (κ1) is 16.5. The van der Waals surface area contributed by atoms with Gasteiger partial charge in [-0.15, -0.1) is 0 Å². The van der Waals surface area contributed by atoms with Gasteiger partial charge in [-0.25, -0.2) is 0 Å². The van der Waals surface area contributed by atoms with Crippen LogP contribution in [0.2, 0.25) is 0 Å². The second kappa shape index (κ2) is 6.93. The zero-order valence-electron chi connectivity index (χ0n) is 14.4. The molecule has 120 valence electrons. The van der Waals surface area contributed by atoms with E-state index in [1.165, 1.54) is 18.5 Å². The highest BCUT2D eigenvalue weighted by Gasteiger charge is 2.35. The van der Waals surface area contributed by atoms with Gasteiger partial charge < -0.3 is 5.32 Å². The summed E-state index contributed by atoms with van der Waals surface area (Å²) in [5, 5.41) is 8.53. The Labute approximate surface area is 129 Å². The Morgan fingerprint density at radius 1 is 1.38 bits per heavy atom. The van der Waals surface area contributed by atoms with Crippen molar-refractivity contribution in [3.05, 3.63) is 18.0 Å². The Balaban J connectivity index is 2.05. The number of hydrogen-bond donors (Lipinski definition) is 1. The van der Waals surface area contributed by atoms with Gasteiger partial charge in [-0.05, 0) is 39.2 Å². The third kappa shape index (κ3) is 3.67. The Hall–Kier alpha value is -0.870. The first-order valence-corrected chi connectivity index (χ1v) is 8.56. The summed E-state index contributed by atoms with van der Waals surface area (Å²) in [6.45, 7) is 14.5. The molecule has 0 aliphatic carbocycles. The maximum atomic E-state index is 4.76. The predicted octanol–water partition coefficient (Wildman–Crippen LogP) is 3.21. The smallest absolute Gasteiger partial charge is 0.0765 e. The summed E-state index contributed by atoms with van der Waals surface area (Å²) in [6, 6.07) is 3.25. The lowest BCUT2D eigenvalue weighted by Crippen LogP contribution is -2.62. The summed E-state index contributed by atoms with van der Waals surface area (Å²) in [5.41, 5.74) is 1.48. The summed E-state index contributed by atoms with van der Waals surface area (Å²) in [7, 11) is 0. The summed E-state index contributed by atoms with van der Waals surface area (Å²) in [4.78, 5) is 2.59. The normalized spacial score (nSPS) is 24.1. The van der Waals surface area contributed by atoms with Crippen LogP contribution in [0.4, 0.5) is 0 Å². The molecule has 0 amide bonds. The standard InChI is InChI=1S/C17H32N4/c1-6-14(4)21-10-9-16(19-21)12-20-13-17(7-2,8-3)18-11-15(20)5/h9-10,14-15,18H,6-8,11-13H2,1-5H3. The van der Waals surface area contributed by atoms with Crippen molar-refractivity contribution in [2.24, 2.45) is 0 Å². The number of rotatable bonds is 6. The average molecular weight is 292 g/mol. The predicted molar refractivity (Wildman–Crippen MR) is 88.4 cm³/mol. The van der Waals surface area contributed by atoms with Crippen molar-refractivity contribution in [2.45, 2.75) is 78.0 Å². The Kier molecular flexibility index (Phi) is 5.44. The molecule has 1 aliphatic rings. The minimum absolute atomic E-state index is 0.284. The number of hydrogen-bond acceptors (Lipinski definition) is 3. The SMILES string of the molecule is CCC(C)n1ccc(CN2CC(CC)(CC)NCC2C)n1. The zero-order chi connectivity index (χ0) is 15.5. The second-order valence-corrected chi connectivity index (χ2v) is 6.67. The molecular formula is C17H32N4. The van der Waals surface area contributed by atoms with Gasteiger partial charge in [0, 0.05) is 43.5 Å². The summed E-state index contributed by atoms with van der Waals surface area (Å²) in [5.74, 6) is 0. The van der Waals surface area contributed by atoms with Crippen LogP contribution in [-0.4, -0.2) is 39.4 Å². The van der Waals surface area contributed by atoms with Gasteiger partial charge in [-0.1, -0.05) is 20.8 Å². The lowest BCUT2D eigenvalue weighted by Gasteiger charge is -2.46. The van der Waals surface area contributed by atoms with Gasteiger partial charge in [0.15, 0.2) is 0 Å². The molecule has 0 spiro atoms. The van der Waals surface area contributed by atoms with Crippen molar-refractivity contribution in [1.29, 1.82) is 0 Å². The lowest BCUT2D eigenvalue weighted by molar-refractivity contribution is 0.0733. The topological polar surface area (TPSA) is 33.1 Å². The first-order valence-electron chi connectivity index (χ1n) is 8.56. The van der Waals surface area contributed by atoms with Gasteiger partial charge in [-0.2, -0.15) is 5.10 Å². The molecule has 1 N–H and O–H groups in total. The van der Waals surface area contributed by atoms with E-state index in [1.807, 2.05) is 0 Å². The fourth-order valence-corrected chi connectivity index (χ4v) is 3.13. The molecule has 2 unspecified atom stereocenters. The molecule has 0 aromatic carbocycles. The van der Waals surface area contributed by atoms with Crippen LogP contribution in [0.1, 0.15) is 65.6 Å². The van der Waals surface area contributed by atoms with E-state index < -0.39 is 0 Å². The van der Waals surface area contributed by atoms with Gasteiger partial charge >= 0.3 is 0 Å². The van der Waals surface area contributed by atoms with E-state index >= 15 is 0 Å². The fraction of sp³-hybridized carbons (Fsp3) is 0.824. The van der Waals surface area contributed by atoms with E-state index in [0.717, 1.165) is 26.1 Å². The van der Waals surface area contributed by atoms with E-state index in [9.17, 15) is 0 Å². The second-order valence-electron chi connectivity index (χ2n) is 6.67. The number of piperazine rings is 1. The maximum Gasteiger partial charge on any atom is 0.0765 e. The molecule has 1 fully saturated rings. The van der Waals surface area contributed by atoms with E-state index in [1.54, 1.807) is 0 Å². The third-order valence-corrected chi connectivity index (χ3v) is 5.33. The van der Waals surface area contributed by atoms with E-state index in [4.69, 9.17) is 5.10 Å². The van der Waals surface area contributed by atoms with Crippen molar-refractivity contribution in [2.75, 3.05) is 13.1 Å². The first-order chi connectivity index (χ1) is 10.0. The van der Waals surface area contributed by atoms with Crippen molar-refractivity contribution < 1.29 is 0 Å². The molecular weight excluding hydrogens is 260 g/mol. The molecule has 0 radical (unpaired) electrons. The minimum atomic E-state index is 0.284. The number of nitrogens with one attached hydrogen (secondary N) is 1. The number of aromatic nitrogens is 2. The summed E-state index contributed by atoms with van der Waals surface area (Å²) < 4.78 is 2.11. The van der Waals surface area contributed by atoms with Crippen LogP contribution < -0.4 is 5.32 Å². The average Bonchev–Trinajstić information content (AvgIpc) is 2.97. The largest absolute Gasteiger partial charge is 0.308 e. The molecule has 0 saturated carbocycles. The van der Waals surface area contributed by atoms with Crippen LogP contribution in [0.5, 0.6) is 0 Å². The van der Waals surface area contributed by atoms with Gasteiger partial charge in [-0.3, -0.25) is 9.58 Å². The Morgan fingerprint density at radius 3 is 2.71 bits per heavy atom. The van der Waals surface area contributed by atoms with Gasteiger partial charge in [0.2, 0.25) is 0 Å². The zero-order valence-corrected chi connectivity index (χ0v) is 14.4. The van der Waals surface area contributed by atoms with Crippen molar-refractivity contribution in [3.8, 4) is 0 Å². The van der Waals surface area contributed by atoms with Crippen LogP contribution in [0.25, 0.3) is 0 Å². The maximum absolute atomic E-state index is 4.76. The molecule has 0 bridgehead atoms. The molecule has 4 heteroatoms. The quantitative estimate of drug-likeness (QED) is 0.874. The fourth-order valence-electron chi connectivity index (χ4n) is 3.13. The van der Waals surface area contributed by atoms with Crippen LogP contribution in [0.15, 0.2) is 12.3 Å². The molecule has 21 heavy (non-hydrogen) atoms. The molecule has 2 heterocycles. The van der Waals surface area contributed by atoms with Crippen LogP contribution in [0.3, 0.4) is 0 Å². The monoisotopic (exact) mass is 292 g/mol. The molecule has 2 rings (SSSR count). The van der Waals surface area contributed by atoms with Crippen molar-refractivity contribution in [1.82, 2.24) is 20.0 Å². The van der Waals surface area contributed by atoms with Gasteiger partial charge in [0.05, 0.1) is 5.69 Å². The lowest BCUT2D eigenvalue weighted by atomic mass is 9.88. The van der Waals surface area contributed by atoms with E-state index in [0.29, 0.717) is 12.1 Å². The third-order valence-electron chi connectivity index (χ3n) is 5.33. The van der Waals surface area contributed by atoms with E-state index in [-0.39, 0.29) is 5.54 Å². The van der Waals surface area contributed by atoms with Gasteiger partial charge in [0.25, 0.3) is 0 Å². The minimum Gasteiger partial charge on any atom is -0.308 e. The molecule has 2 atom stereocenters.